The quantitative estimate of drug-likeness (QED) is 0.813. The Morgan fingerprint density at radius 2 is 1.94 bits per heavy atom. The SMILES string of the molecule is CCNC(c1ccc(OCC)cc1)C1CC1C. The summed E-state index contributed by atoms with van der Waals surface area (Å²) >= 11 is 0. The Kier molecular flexibility index (Phi) is 4.06. The molecule has 2 rings (SSSR count). The Morgan fingerprint density at radius 3 is 2.41 bits per heavy atom. The predicted octanol–water partition coefficient (Wildman–Crippen LogP) is 3.39. The van der Waals surface area contributed by atoms with Gasteiger partial charge in [-0.15, -0.1) is 0 Å². The zero-order valence-electron chi connectivity index (χ0n) is 11.1. The molecule has 1 fully saturated rings. The summed E-state index contributed by atoms with van der Waals surface area (Å²) in [6, 6.07) is 9.07. The number of hydrogen-bond donors (Lipinski definition) is 1. The van der Waals surface area contributed by atoms with Crippen molar-refractivity contribution in [2.24, 2.45) is 11.8 Å². The fraction of sp³-hybridized carbons (Fsp3) is 0.600. The van der Waals surface area contributed by atoms with E-state index in [2.05, 4.69) is 43.4 Å². The molecule has 3 unspecified atom stereocenters. The highest BCUT2D eigenvalue weighted by Gasteiger charge is 2.39. The van der Waals surface area contributed by atoms with Crippen LogP contribution in [-0.2, 0) is 0 Å². The van der Waals surface area contributed by atoms with Crippen LogP contribution in [0.4, 0.5) is 0 Å². The Hall–Kier alpha value is -1.02. The Bertz CT molecular complexity index is 346. The van der Waals surface area contributed by atoms with Gasteiger partial charge in [-0.05, 0) is 49.4 Å². The van der Waals surface area contributed by atoms with Crippen LogP contribution in [0, 0.1) is 11.8 Å². The monoisotopic (exact) mass is 233 g/mol. The van der Waals surface area contributed by atoms with Gasteiger partial charge in [0.25, 0.3) is 0 Å². The van der Waals surface area contributed by atoms with Gasteiger partial charge in [-0.2, -0.15) is 0 Å². The molecule has 94 valence electrons. The van der Waals surface area contributed by atoms with Gasteiger partial charge in [0.05, 0.1) is 6.61 Å². The second-order valence-corrected chi connectivity index (χ2v) is 4.91. The minimum atomic E-state index is 0.519. The standard InChI is InChI=1S/C15H23NO/c1-4-16-15(14-10-11(14)3)12-6-8-13(9-7-12)17-5-2/h6-9,11,14-16H,4-5,10H2,1-3H3. The molecule has 1 aliphatic carbocycles. The van der Waals surface area contributed by atoms with E-state index in [4.69, 9.17) is 4.74 Å². The van der Waals surface area contributed by atoms with Crippen LogP contribution in [0.15, 0.2) is 24.3 Å². The van der Waals surface area contributed by atoms with E-state index in [1.165, 1.54) is 12.0 Å². The van der Waals surface area contributed by atoms with E-state index >= 15 is 0 Å². The van der Waals surface area contributed by atoms with E-state index in [0.29, 0.717) is 6.04 Å². The number of hydrogen-bond acceptors (Lipinski definition) is 2. The highest BCUT2D eigenvalue weighted by molar-refractivity contribution is 5.30. The maximum atomic E-state index is 5.48. The normalized spacial score (nSPS) is 24.4. The molecule has 1 saturated carbocycles. The van der Waals surface area contributed by atoms with Gasteiger partial charge in [0.1, 0.15) is 5.75 Å². The van der Waals surface area contributed by atoms with Crippen molar-refractivity contribution >= 4 is 0 Å². The van der Waals surface area contributed by atoms with Gasteiger partial charge in [0.2, 0.25) is 0 Å². The average Bonchev–Trinajstić information content (AvgIpc) is 3.05. The third-order valence-corrected chi connectivity index (χ3v) is 3.57. The lowest BCUT2D eigenvalue weighted by molar-refractivity contribution is 0.340. The van der Waals surface area contributed by atoms with Gasteiger partial charge in [-0.1, -0.05) is 26.0 Å². The predicted molar refractivity (Wildman–Crippen MR) is 71.3 cm³/mol. The molecule has 1 N–H and O–H groups in total. The van der Waals surface area contributed by atoms with Crippen LogP contribution in [0.25, 0.3) is 0 Å². The van der Waals surface area contributed by atoms with E-state index in [-0.39, 0.29) is 0 Å². The molecule has 0 spiro atoms. The van der Waals surface area contributed by atoms with Crippen molar-refractivity contribution in [3.8, 4) is 5.75 Å². The molecule has 1 aromatic carbocycles. The lowest BCUT2D eigenvalue weighted by atomic mass is 10.0. The van der Waals surface area contributed by atoms with Crippen LogP contribution in [-0.4, -0.2) is 13.2 Å². The van der Waals surface area contributed by atoms with Crippen molar-refractivity contribution in [3.05, 3.63) is 29.8 Å². The zero-order valence-corrected chi connectivity index (χ0v) is 11.1. The highest BCUT2D eigenvalue weighted by atomic mass is 16.5. The molecule has 0 amide bonds. The van der Waals surface area contributed by atoms with Gasteiger partial charge in [-0.3, -0.25) is 0 Å². The largest absolute Gasteiger partial charge is 0.494 e. The van der Waals surface area contributed by atoms with Crippen LogP contribution >= 0.6 is 0 Å². The Labute approximate surface area is 104 Å². The average molecular weight is 233 g/mol. The van der Waals surface area contributed by atoms with Gasteiger partial charge in [0, 0.05) is 6.04 Å². The van der Waals surface area contributed by atoms with Crippen molar-refractivity contribution in [2.75, 3.05) is 13.2 Å². The van der Waals surface area contributed by atoms with Crippen molar-refractivity contribution < 1.29 is 4.74 Å². The third kappa shape index (κ3) is 3.01. The zero-order chi connectivity index (χ0) is 12.3. The van der Waals surface area contributed by atoms with E-state index in [1.54, 1.807) is 0 Å². The van der Waals surface area contributed by atoms with Gasteiger partial charge < -0.3 is 10.1 Å². The molecular formula is C15H23NO. The van der Waals surface area contributed by atoms with Gasteiger partial charge >= 0.3 is 0 Å². The molecule has 0 aromatic heterocycles. The van der Waals surface area contributed by atoms with E-state index in [0.717, 1.165) is 30.7 Å². The molecule has 2 heteroatoms. The summed E-state index contributed by atoms with van der Waals surface area (Å²) in [5.74, 6) is 2.65. The maximum absolute atomic E-state index is 5.48. The fourth-order valence-electron chi connectivity index (χ4n) is 2.49. The fourth-order valence-corrected chi connectivity index (χ4v) is 2.49. The summed E-state index contributed by atoms with van der Waals surface area (Å²) in [5.41, 5.74) is 1.39. The molecule has 17 heavy (non-hydrogen) atoms. The molecule has 1 aliphatic rings. The van der Waals surface area contributed by atoms with Crippen molar-refractivity contribution in [2.45, 2.75) is 33.2 Å². The van der Waals surface area contributed by atoms with Crippen LogP contribution in [0.1, 0.15) is 38.8 Å². The van der Waals surface area contributed by atoms with Crippen LogP contribution < -0.4 is 10.1 Å². The molecule has 0 radical (unpaired) electrons. The number of rotatable bonds is 6. The first-order valence-electron chi connectivity index (χ1n) is 6.72. The number of ether oxygens (including phenoxy) is 1. The van der Waals surface area contributed by atoms with Crippen LogP contribution in [0.3, 0.4) is 0 Å². The first-order chi connectivity index (χ1) is 8.26. The van der Waals surface area contributed by atoms with Crippen molar-refractivity contribution in [3.63, 3.8) is 0 Å². The maximum Gasteiger partial charge on any atom is 0.119 e. The molecule has 3 atom stereocenters. The molecule has 0 bridgehead atoms. The molecule has 0 saturated heterocycles. The smallest absolute Gasteiger partial charge is 0.119 e. The Balaban J connectivity index is 2.07. The summed E-state index contributed by atoms with van der Waals surface area (Å²) in [6.07, 6.45) is 1.35. The van der Waals surface area contributed by atoms with Crippen molar-refractivity contribution in [1.82, 2.24) is 5.32 Å². The van der Waals surface area contributed by atoms with E-state index < -0.39 is 0 Å². The molecule has 2 nitrogen and oxygen atoms in total. The van der Waals surface area contributed by atoms with E-state index in [1.807, 2.05) is 6.92 Å². The lowest BCUT2D eigenvalue weighted by Crippen LogP contribution is -2.23. The van der Waals surface area contributed by atoms with Crippen LogP contribution in [0.2, 0.25) is 0 Å². The molecular weight excluding hydrogens is 210 g/mol. The van der Waals surface area contributed by atoms with E-state index in [9.17, 15) is 0 Å². The number of benzene rings is 1. The summed E-state index contributed by atoms with van der Waals surface area (Å²) in [4.78, 5) is 0. The third-order valence-electron chi connectivity index (χ3n) is 3.57. The van der Waals surface area contributed by atoms with Crippen LogP contribution in [0.5, 0.6) is 5.75 Å². The minimum Gasteiger partial charge on any atom is -0.494 e. The number of nitrogens with one attached hydrogen (secondary N) is 1. The first-order valence-corrected chi connectivity index (χ1v) is 6.72. The molecule has 1 aromatic rings. The second kappa shape index (κ2) is 5.54. The summed E-state index contributed by atoms with van der Waals surface area (Å²) in [5, 5.41) is 3.60. The Morgan fingerprint density at radius 1 is 1.29 bits per heavy atom. The molecule has 0 aliphatic heterocycles. The minimum absolute atomic E-state index is 0.519. The summed E-state index contributed by atoms with van der Waals surface area (Å²) < 4.78 is 5.48. The van der Waals surface area contributed by atoms with Crippen molar-refractivity contribution in [1.29, 1.82) is 0 Å². The summed E-state index contributed by atoms with van der Waals surface area (Å²) in [7, 11) is 0. The first kappa shape index (κ1) is 12.4. The second-order valence-electron chi connectivity index (χ2n) is 4.91. The van der Waals surface area contributed by atoms with Gasteiger partial charge in [-0.25, -0.2) is 0 Å². The van der Waals surface area contributed by atoms with Gasteiger partial charge in [0.15, 0.2) is 0 Å². The molecule has 0 heterocycles. The summed E-state index contributed by atoms with van der Waals surface area (Å²) in [6.45, 7) is 8.29. The topological polar surface area (TPSA) is 21.3 Å². The highest BCUT2D eigenvalue weighted by Crippen LogP contribution is 2.47. The lowest BCUT2D eigenvalue weighted by Gasteiger charge is -2.18.